The number of nitrogens with zero attached hydrogens (tertiary/aromatic N) is 2. The van der Waals surface area contributed by atoms with E-state index in [1.807, 2.05) is 0 Å². The predicted molar refractivity (Wildman–Crippen MR) is 91.2 cm³/mol. The molecule has 2 atom stereocenters. The molecule has 2 unspecified atom stereocenters. The number of para-hydroxylation sites is 1. The molecule has 2 saturated heterocycles. The topological polar surface area (TPSA) is 61.9 Å². The van der Waals surface area contributed by atoms with Gasteiger partial charge in [-0.05, 0) is 37.9 Å². The Kier molecular flexibility index (Phi) is 5.70. The zero-order valence-corrected chi connectivity index (χ0v) is 14.7. The highest BCUT2D eigenvalue weighted by Gasteiger charge is 2.38. The van der Waals surface area contributed by atoms with Gasteiger partial charge in [-0.2, -0.15) is 8.78 Å². The molecule has 1 N–H and O–H groups in total. The van der Waals surface area contributed by atoms with Crippen LogP contribution >= 0.6 is 0 Å². The molecule has 0 aliphatic carbocycles. The normalized spacial score (nSPS) is 22.7. The standard InChI is InChI=1S/C18H23F2N3O3/c1-22(12-8-9-21-11-12)17(25)14-6-4-10-23(14)16(24)13-5-2-3-7-15(13)26-18(19)20/h2-3,5,7,12,14,18,21H,4,6,8-11H2,1H3. The number of carbonyl (C=O) groups excluding carboxylic acids is 2. The van der Waals surface area contributed by atoms with Crippen molar-refractivity contribution in [3.8, 4) is 5.75 Å². The minimum Gasteiger partial charge on any atom is -0.434 e. The van der Waals surface area contributed by atoms with Gasteiger partial charge in [0.15, 0.2) is 0 Å². The van der Waals surface area contributed by atoms with Gasteiger partial charge in [0.1, 0.15) is 11.8 Å². The van der Waals surface area contributed by atoms with Crippen LogP contribution in [0.2, 0.25) is 0 Å². The fraction of sp³-hybridized carbons (Fsp3) is 0.556. The smallest absolute Gasteiger partial charge is 0.387 e. The van der Waals surface area contributed by atoms with Gasteiger partial charge in [-0.25, -0.2) is 0 Å². The fourth-order valence-corrected chi connectivity index (χ4v) is 3.65. The predicted octanol–water partition coefficient (Wildman–Crippen LogP) is 1.71. The van der Waals surface area contributed by atoms with E-state index in [1.165, 1.54) is 23.1 Å². The van der Waals surface area contributed by atoms with Gasteiger partial charge in [0, 0.05) is 26.2 Å². The molecular formula is C18H23F2N3O3. The summed E-state index contributed by atoms with van der Waals surface area (Å²) < 4.78 is 29.7. The van der Waals surface area contributed by atoms with Crippen molar-refractivity contribution in [2.24, 2.45) is 0 Å². The quantitative estimate of drug-likeness (QED) is 0.861. The Morgan fingerprint density at radius 1 is 1.31 bits per heavy atom. The second kappa shape index (κ2) is 7.99. The van der Waals surface area contributed by atoms with Crippen molar-refractivity contribution < 1.29 is 23.1 Å². The van der Waals surface area contributed by atoms with Crippen molar-refractivity contribution in [3.05, 3.63) is 29.8 Å². The second-order valence-corrected chi connectivity index (χ2v) is 6.63. The largest absolute Gasteiger partial charge is 0.434 e. The maximum absolute atomic E-state index is 12.9. The number of ether oxygens (including phenoxy) is 1. The number of benzene rings is 1. The molecule has 0 aromatic heterocycles. The maximum atomic E-state index is 12.9. The van der Waals surface area contributed by atoms with Crippen molar-refractivity contribution in [3.63, 3.8) is 0 Å². The van der Waals surface area contributed by atoms with Crippen LogP contribution in [0.25, 0.3) is 0 Å². The van der Waals surface area contributed by atoms with Crippen molar-refractivity contribution in [1.29, 1.82) is 0 Å². The summed E-state index contributed by atoms with van der Waals surface area (Å²) in [5.74, 6) is -0.717. The minimum atomic E-state index is -3.01. The third-order valence-electron chi connectivity index (χ3n) is 5.06. The van der Waals surface area contributed by atoms with E-state index in [2.05, 4.69) is 10.1 Å². The van der Waals surface area contributed by atoms with Gasteiger partial charge < -0.3 is 19.9 Å². The van der Waals surface area contributed by atoms with Crippen molar-refractivity contribution in [1.82, 2.24) is 15.1 Å². The molecule has 1 aromatic rings. The summed E-state index contributed by atoms with van der Waals surface area (Å²) in [6.45, 7) is -0.974. The van der Waals surface area contributed by atoms with Gasteiger partial charge in [0.2, 0.25) is 5.91 Å². The monoisotopic (exact) mass is 367 g/mol. The number of likely N-dealkylation sites (tertiary alicyclic amines) is 1. The molecule has 2 aliphatic rings. The van der Waals surface area contributed by atoms with Gasteiger partial charge >= 0.3 is 6.61 Å². The number of rotatable bonds is 5. The van der Waals surface area contributed by atoms with Crippen LogP contribution in [0, 0.1) is 0 Å². The summed E-state index contributed by atoms with van der Waals surface area (Å²) >= 11 is 0. The molecule has 3 rings (SSSR count). The Morgan fingerprint density at radius 3 is 2.77 bits per heavy atom. The first-order valence-corrected chi connectivity index (χ1v) is 8.81. The average molecular weight is 367 g/mol. The molecular weight excluding hydrogens is 344 g/mol. The van der Waals surface area contributed by atoms with E-state index in [9.17, 15) is 18.4 Å². The van der Waals surface area contributed by atoms with Gasteiger partial charge in [-0.1, -0.05) is 12.1 Å². The lowest BCUT2D eigenvalue weighted by Crippen LogP contribution is -2.50. The van der Waals surface area contributed by atoms with E-state index in [0.717, 1.165) is 19.5 Å². The highest BCUT2D eigenvalue weighted by Crippen LogP contribution is 2.27. The van der Waals surface area contributed by atoms with Crippen molar-refractivity contribution in [2.75, 3.05) is 26.7 Å². The van der Waals surface area contributed by atoms with E-state index in [1.54, 1.807) is 18.0 Å². The van der Waals surface area contributed by atoms with Gasteiger partial charge in [0.25, 0.3) is 5.91 Å². The summed E-state index contributed by atoms with van der Waals surface area (Å²) in [6, 6.07) is 5.46. The third-order valence-corrected chi connectivity index (χ3v) is 5.06. The highest BCUT2D eigenvalue weighted by atomic mass is 19.3. The van der Waals surface area contributed by atoms with Crippen LogP contribution in [0.1, 0.15) is 29.6 Å². The van der Waals surface area contributed by atoms with Crippen LogP contribution in [0.15, 0.2) is 24.3 Å². The summed E-state index contributed by atoms with van der Waals surface area (Å²) in [5.41, 5.74) is 0.0534. The number of likely N-dealkylation sites (N-methyl/N-ethyl adjacent to an activating group) is 1. The lowest BCUT2D eigenvalue weighted by Gasteiger charge is -2.31. The number of carbonyl (C=O) groups is 2. The first-order valence-electron chi connectivity index (χ1n) is 8.81. The van der Waals surface area contributed by atoms with Gasteiger partial charge in [-0.15, -0.1) is 0 Å². The molecule has 2 fully saturated rings. The number of amides is 2. The molecule has 0 radical (unpaired) electrons. The van der Waals surface area contributed by atoms with Crippen LogP contribution in [-0.4, -0.2) is 67.0 Å². The molecule has 0 spiro atoms. The summed E-state index contributed by atoms with van der Waals surface area (Å²) in [5, 5.41) is 3.22. The van der Waals surface area contributed by atoms with Crippen molar-refractivity contribution >= 4 is 11.8 Å². The van der Waals surface area contributed by atoms with E-state index >= 15 is 0 Å². The van der Waals surface area contributed by atoms with Crippen LogP contribution in [0.5, 0.6) is 5.75 Å². The first kappa shape index (κ1) is 18.6. The van der Waals surface area contributed by atoms with E-state index in [0.29, 0.717) is 19.4 Å². The van der Waals surface area contributed by atoms with Crippen LogP contribution < -0.4 is 10.1 Å². The Hall–Kier alpha value is -2.22. The van der Waals surface area contributed by atoms with E-state index < -0.39 is 18.6 Å². The number of hydrogen-bond acceptors (Lipinski definition) is 4. The molecule has 6 nitrogen and oxygen atoms in total. The Labute approximate surface area is 151 Å². The Balaban J connectivity index is 1.77. The summed E-state index contributed by atoms with van der Waals surface area (Å²) in [4.78, 5) is 29.0. The third kappa shape index (κ3) is 3.80. The number of hydrogen-bond donors (Lipinski definition) is 1. The number of alkyl halides is 2. The number of nitrogens with one attached hydrogen (secondary N) is 1. The molecule has 1 aromatic carbocycles. The second-order valence-electron chi connectivity index (χ2n) is 6.63. The molecule has 2 heterocycles. The van der Waals surface area contributed by atoms with Gasteiger partial charge in [0.05, 0.1) is 5.56 Å². The fourth-order valence-electron chi connectivity index (χ4n) is 3.65. The first-order chi connectivity index (χ1) is 12.5. The van der Waals surface area contributed by atoms with Crippen LogP contribution in [0.3, 0.4) is 0 Å². The molecule has 8 heteroatoms. The zero-order chi connectivity index (χ0) is 18.7. The highest BCUT2D eigenvalue weighted by molar-refractivity contribution is 6.00. The van der Waals surface area contributed by atoms with Crippen LogP contribution in [0.4, 0.5) is 8.78 Å². The SMILES string of the molecule is CN(C(=O)C1CCCN1C(=O)c1ccccc1OC(F)F)C1CCNC1. The van der Waals surface area contributed by atoms with Gasteiger partial charge in [-0.3, -0.25) is 9.59 Å². The summed E-state index contributed by atoms with van der Waals surface area (Å²) in [7, 11) is 1.76. The lowest BCUT2D eigenvalue weighted by atomic mass is 10.1. The lowest BCUT2D eigenvalue weighted by molar-refractivity contribution is -0.135. The van der Waals surface area contributed by atoms with E-state index in [-0.39, 0.29) is 23.3 Å². The maximum Gasteiger partial charge on any atom is 0.387 e. The molecule has 0 bridgehead atoms. The molecule has 0 saturated carbocycles. The molecule has 2 aliphatic heterocycles. The van der Waals surface area contributed by atoms with Crippen molar-refractivity contribution in [2.45, 2.75) is 38.0 Å². The van der Waals surface area contributed by atoms with Crippen LogP contribution in [-0.2, 0) is 4.79 Å². The Morgan fingerprint density at radius 2 is 2.08 bits per heavy atom. The molecule has 26 heavy (non-hydrogen) atoms. The Bertz CT molecular complexity index is 665. The average Bonchev–Trinajstić information content (AvgIpc) is 3.31. The zero-order valence-electron chi connectivity index (χ0n) is 14.7. The van der Waals surface area contributed by atoms with E-state index in [4.69, 9.17) is 0 Å². The molecule has 2 amide bonds. The summed E-state index contributed by atoms with van der Waals surface area (Å²) in [6.07, 6.45) is 2.16. The number of halogens is 2. The molecule has 142 valence electrons. The minimum absolute atomic E-state index is 0.0534.